The fourth-order valence-corrected chi connectivity index (χ4v) is 1.34. The van der Waals surface area contributed by atoms with Crippen molar-refractivity contribution < 1.29 is 9.84 Å². The number of aliphatic hydroxyl groups excluding tert-OH is 1. The van der Waals surface area contributed by atoms with E-state index in [4.69, 9.17) is 4.74 Å². The molecule has 0 aromatic heterocycles. The number of nitrogens with one attached hydrogen (secondary N) is 1. The van der Waals surface area contributed by atoms with Crippen molar-refractivity contribution in [1.82, 2.24) is 5.32 Å². The summed E-state index contributed by atoms with van der Waals surface area (Å²) in [6.45, 7) is 9.75. The summed E-state index contributed by atoms with van der Waals surface area (Å²) in [5.41, 5.74) is -0.205. The molecule has 0 aromatic rings. The molecule has 3 heteroatoms. The number of hydrogen-bond acceptors (Lipinski definition) is 3. The fourth-order valence-electron chi connectivity index (χ4n) is 1.34. The Balaban J connectivity index is 3.81. The first kappa shape index (κ1) is 12.9. The van der Waals surface area contributed by atoms with E-state index in [-0.39, 0.29) is 12.1 Å². The number of ether oxygens (including phenoxy) is 1. The Bertz CT molecular complexity index is 128. The van der Waals surface area contributed by atoms with E-state index in [9.17, 15) is 5.11 Å². The van der Waals surface area contributed by atoms with E-state index in [1.807, 2.05) is 13.8 Å². The average molecular weight is 189 g/mol. The minimum Gasteiger partial charge on any atom is -0.394 e. The zero-order valence-electron chi connectivity index (χ0n) is 9.26. The van der Waals surface area contributed by atoms with Crippen molar-refractivity contribution in [3.63, 3.8) is 0 Å². The summed E-state index contributed by atoms with van der Waals surface area (Å²) in [6.07, 6.45) is 0.843. The smallest absolute Gasteiger partial charge is 0.0611 e. The molecule has 0 radical (unpaired) electrons. The maximum absolute atomic E-state index is 9.22. The molecule has 0 aliphatic rings. The lowest BCUT2D eigenvalue weighted by molar-refractivity contribution is 0.0899. The predicted octanol–water partition coefficient (Wildman–Crippen LogP) is 1.16. The Morgan fingerprint density at radius 2 is 2.08 bits per heavy atom. The zero-order valence-corrected chi connectivity index (χ0v) is 9.26. The summed E-state index contributed by atoms with van der Waals surface area (Å²) in [7, 11) is 0. The second-order valence-corrected chi connectivity index (χ2v) is 3.96. The molecule has 0 rings (SSSR count). The number of rotatable bonds is 7. The van der Waals surface area contributed by atoms with Crippen LogP contribution >= 0.6 is 0 Å². The van der Waals surface area contributed by atoms with Crippen molar-refractivity contribution in [1.29, 1.82) is 0 Å². The molecule has 0 spiro atoms. The molecule has 0 aromatic carbocycles. The van der Waals surface area contributed by atoms with Crippen molar-refractivity contribution >= 4 is 0 Å². The van der Waals surface area contributed by atoms with Gasteiger partial charge in [-0.25, -0.2) is 0 Å². The van der Waals surface area contributed by atoms with Gasteiger partial charge in [-0.3, -0.25) is 0 Å². The van der Waals surface area contributed by atoms with Gasteiger partial charge in [-0.2, -0.15) is 0 Å². The quantitative estimate of drug-likeness (QED) is 0.591. The molecule has 0 amide bonds. The van der Waals surface area contributed by atoms with Crippen molar-refractivity contribution in [3.05, 3.63) is 0 Å². The zero-order chi connectivity index (χ0) is 10.3. The first-order chi connectivity index (χ1) is 6.04. The molecule has 3 nitrogen and oxygen atoms in total. The van der Waals surface area contributed by atoms with Crippen LogP contribution in [0.3, 0.4) is 0 Å². The first-order valence-corrected chi connectivity index (χ1v) is 5.00. The molecule has 0 heterocycles. The van der Waals surface area contributed by atoms with Gasteiger partial charge in [-0.1, -0.05) is 13.8 Å². The molecule has 80 valence electrons. The Kier molecular flexibility index (Phi) is 6.29. The largest absolute Gasteiger partial charge is 0.394 e. The third-order valence-electron chi connectivity index (χ3n) is 1.99. The number of aliphatic hydroxyl groups is 1. The highest BCUT2D eigenvalue weighted by Crippen LogP contribution is 2.09. The Labute approximate surface area is 81.5 Å². The number of hydrogen-bond donors (Lipinski definition) is 2. The van der Waals surface area contributed by atoms with Crippen LogP contribution in [0.5, 0.6) is 0 Å². The third-order valence-corrected chi connectivity index (χ3v) is 1.99. The van der Waals surface area contributed by atoms with Gasteiger partial charge in [0.05, 0.1) is 6.61 Å². The maximum atomic E-state index is 9.22. The molecule has 2 N–H and O–H groups in total. The van der Waals surface area contributed by atoms with Gasteiger partial charge in [0, 0.05) is 24.8 Å². The molecule has 0 aliphatic heterocycles. The van der Waals surface area contributed by atoms with Crippen LogP contribution in [0.4, 0.5) is 0 Å². The molecule has 0 aliphatic carbocycles. The summed E-state index contributed by atoms with van der Waals surface area (Å²) >= 11 is 0. The molecule has 1 atom stereocenters. The van der Waals surface area contributed by atoms with Gasteiger partial charge in [-0.15, -0.1) is 0 Å². The molecular formula is C10H23NO2. The van der Waals surface area contributed by atoms with Crippen molar-refractivity contribution in [3.8, 4) is 0 Å². The lowest BCUT2D eigenvalue weighted by atomic mass is 9.98. The molecule has 0 saturated carbocycles. The highest BCUT2D eigenvalue weighted by Gasteiger charge is 2.23. The maximum Gasteiger partial charge on any atom is 0.0611 e. The summed E-state index contributed by atoms with van der Waals surface area (Å²) in [6, 6.07) is 0.388. The van der Waals surface area contributed by atoms with Crippen LogP contribution in [0.25, 0.3) is 0 Å². The molecule has 0 fully saturated rings. The van der Waals surface area contributed by atoms with Gasteiger partial charge in [-0.05, 0) is 20.3 Å². The molecule has 0 saturated heterocycles. The monoisotopic (exact) mass is 189 g/mol. The van der Waals surface area contributed by atoms with Gasteiger partial charge in [0.2, 0.25) is 0 Å². The molecular weight excluding hydrogens is 166 g/mol. The fraction of sp³-hybridized carbons (Fsp3) is 1.00. The summed E-state index contributed by atoms with van der Waals surface area (Å²) in [5.74, 6) is 0. The lowest BCUT2D eigenvalue weighted by Crippen LogP contribution is -2.49. The van der Waals surface area contributed by atoms with Gasteiger partial charge in [0.25, 0.3) is 0 Å². The van der Waals surface area contributed by atoms with Crippen molar-refractivity contribution in [2.24, 2.45) is 0 Å². The Hall–Kier alpha value is -0.120. The van der Waals surface area contributed by atoms with E-state index in [1.165, 1.54) is 0 Å². The highest BCUT2D eigenvalue weighted by molar-refractivity contribution is 4.83. The van der Waals surface area contributed by atoms with E-state index in [1.54, 1.807) is 0 Å². The van der Waals surface area contributed by atoms with Crippen LogP contribution < -0.4 is 5.32 Å². The van der Waals surface area contributed by atoms with Crippen LogP contribution in [-0.4, -0.2) is 36.5 Å². The SMILES string of the molecule is CCOCCC(C)(CO)NC(C)C. The van der Waals surface area contributed by atoms with E-state index >= 15 is 0 Å². The molecule has 1 unspecified atom stereocenters. The predicted molar refractivity (Wildman–Crippen MR) is 54.9 cm³/mol. The summed E-state index contributed by atoms with van der Waals surface area (Å²) < 4.78 is 5.26. The molecule has 13 heavy (non-hydrogen) atoms. The minimum atomic E-state index is -0.205. The van der Waals surface area contributed by atoms with E-state index in [2.05, 4.69) is 19.2 Å². The van der Waals surface area contributed by atoms with Crippen LogP contribution in [0.2, 0.25) is 0 Å². The molecule has 0 bridgehead atoms. The van der Waals surface area contributed by atoms with Crippen molar-refractivity contribution in [2.45, 2.75) is 45.7 Å². The summed E-state index contributed by atoms with van der Waals surface area (Å²) in [5, 5.41) is 12.6. The van der Waals surface area contributed by atoms with Crippen molar-refractivity contribution in [2.75, 3.05) is 19.8 Å². The van der Waals surface area contributed by atoms with Gasteiger partial charge in [0.15, 0.2) is 0 Å². The van der Waals surface area contributed by atoms with Gasteiger partial charge in [0.1, 0.15) is 0 Å². The summed E-state index contributed by atoms with van der Waals surface area (Å²) in [4.78, 5) is 0. The highest BCUT2D eigenvalue weighted by atomic mass is 16.5. The lowest BCUT2D eigenvalue weighted by Gasteiger charge is -2.31. The third kappa shape index (κ3) is 6.02. The topological polar surface area (TPSA) is 41.5 Å². The second kappa shape index (κ2) is 6.35. The Morgan fingerprint density at radius 3 is 2.46 bits per heavy atom. The second-order valence-electron chi connectivity index (χ2n) is 3.96. The van der Waals surface area contributed by atoms with Crippen LogP contribution in [-0.2, 0) is 4.74 Å². The van der Waals surface area contributed by atoms with E-state index < -0.39 is 0 Å². The van der Waals surface area contributed by atoms with Crippen LogP contribution in [0.15, 0.2) is 0 Å². The average Bonchev–Trinajstić information content (AvgIpc) is 2.04. The minimum absolute atomic E-state index is 0.151. The first-order valence-electron chi connectivity index (χ1n) is 5.00. The van der Waals surface area contributed by atoms with Crippen LogP contribution in [0, 0.1) is 0 Å². The van der Waals surface area contributed by atoms with Crippen LogP contribution in [0.1, 0.15) is 34.1 Å². The van der Waals surface area contributed by atoms with Gasteiger partial charge < -0.3 is 15.2 Å². The Morgan fingerprint density at radius 1 is 1.46 bits per heavy atom. The van der Waals surface area contributed by atoms with E-state index in [0.29, 0.717) is 12.6 Å². The normalized spacial score (nSPS) is 16.2. The van der Waals surface area contributed by atoms with Gasteiger partial charge >= 0.3 is 0 Å². The van der Waals surface area contributed by atoms with E-state index in [0.717, 1.165) is 13.0 Å². The standard InChI is InChI=1S/C10H23NO2/c1-5-13-7-6-10(4,8-12)11-9(2)3/h9,11-12H,5-8H2,1-4H3.